The van der Waals surface area contributed by atoms with Gasteiger partial charge in [0.1, 0.15) is 5.92 Å². The van der Waals surface area contributed by atoms with E-state index in [-0.39, 0.29) is 5.92 Å². The van der Waals surface area contributed by atoms with Crippen LogP contribution >= 0.6 is 0 Å². The van der Waals surface area contributed by atoms with Crippen LogP contribution in [0.3, 0.4) is 0 Å². The predicted octanol–water partition coefficient (Wildman–Crippen LogP) is 3.51. The van der Waals surface area contributed by atoms with Crippen molar-refractivity contribution >= 4 is 53.9 Å². The molecule has 8 bridgehead atoms. The van der Waals surface area contributed by atoms with Gasteiger partial charge in [-0.15, -0.1) is 0 Å². The molecule has 10 nitrogen and oxygen atoms in total. The molecular weight excluding hydrogens is 572 g/mol. The molecule has 0 aromatic carbocycles. The Morgan fingerprint density at radius 1 is 1.02 bits per heavy atom. The van der Waals surface area contributed by atoms with Gasteiger partial charge in [-0.2, -0.15) is 0 Å². The van der Waals surface area contributed by atoms with Gasteiger partial charge in [0.05, 0.1) is 18.2 Å². The normalized spacial score (nSPS) is 24.3. The van der Waals surface area contributed by atoms with Crippen LogP contribution in [0.5, 0.6) is 0 Å². The molecule has 2 aliphatic heterocycles. The number of ether oxygens (including phenoxy) is 1. The van der Waals surface area contributed by atoms with Crippen molar-refractivity contribution in [3.8, 4) is 0 Å². The third kappa shape index (κ3) is 4.47. The van der Waals surface area contributed by atoms with Gasteiger partial charge in [-0.3, -0.25) is 14.4 Å². The number of H-pyrrole nitrogens is 3. The van der Waals surface area contributed by atoms with Crippen molar-refractivity contribution < 1.29 is 29.0 Å². The summed E-state index contributed by atoms with van der Waals surface area (Å²) >= 11 is 0. The average molecular weight is 607 g/mol. The first-order chi connectivity index (χ1) is 21.5. The molecule has 1 aliphatic carbocycles. The fourth-order valence-corrected chi connectivity index (χ4v) is 6.95. The Labute approximate surface area is 259 Å². The van der Waals surface area contributed by atoms with Crippen molar-refractivity contribution in [2.24, 2.45) is 17.8 Å². The molecule has 1 fully saturated rings. The molecule has 1 saturated heterocycles. The number of carbonyl (C=O) groups is 4. The number of allylic oxidation sites excluding steroid dienone is 2. The maximum Gasteiger partial charge on any atom is 0.327 e. The highest BCUT2D eigenvalue weighted by molar-refractivity contribution is 6.24. The Balaban J connectivity index is 1.77. The molecule has 3 atom stereocenters. The summed E-state index contributed by atoms with van der Waals surface area (Å²) in [6.45, 7) is 11.7. The van der Waals surface area contributed by atoms with Crippen LogP contribution in [0.4, 0.5) is 0 Å². The molecule has 5 heterocycles. The number of fused-ring (bicyclic) bond motifs is 7. The second kappa shape index (κ2) is 11.0. The lowest BCUT2D eigenvalue weighted by Crippen LogP contribution is -2.25. The molecule has 10 heteroatoms. The Hall–Kier alpha value is -5.38. The number of carbonyl (C=O) groups excluding carboxylic acids is 3. The standard InChI is InChI=1S/C35H34N4O6/c1-7-18-15(3)22-11-23-16(4)20(9-10-28(41)42)32(38-23)30-31(35(44)45-6)34(43)29-17(5)24(39-33(29)30)12-26-19(8-2)21(14-40)27(37-26)13-25(18)36-22/h7,9-14,16,20,31,36-39H,1,8H2,2-6H3,(H,41,42)/b10-9-,23-11-,26-12-,27-13-,32-30-/t16-,20-,31+/m0/s1. The summed E-state index contributed by atoms with van der Waals surface area (Å²) in [7, 11) is 1.24. The number of nitrogens with one attached hydrogen (secondary N) is 4. The van der Waals surface area contributed by atoms with Crippen LogP contribution in [0.1, 0.15) is 79.6 Å². The first kappa shape index (κ1) is 29.7. The van der Waals surface area contributed by atoms with E-state index in [9.17, 15) is 24.3 Å². The molecular formula is C35H34N4O6. The first-order valence-corrected chi connectivity index (χ1v) is 14.8. The largest absolute Gasteiger partial charge is 0.478 e. The zero-order valence-electron chi connectivity index (χ0n) is 25.7. The summed E-state index contributed by atoms with van der Waals surface area (Å²) in [5.74, 6) is -4.18. The zero-order valence-corrected chi connectivity index (χ0v) is 25.7. The number of aliphatic carboxylic acids is 1. The minimum Gasteiger partial charge on any atom is -0.478 e. The average Bonchev–Trinajstić information content (AvgIpc) is 3.76. The molecule has 5 N–H and O–H groups in total. The highest BCUT2D eigenvalue weighted by Crippen LogP contribution is 2.47. The van der Waals surface area contributed by atoms with E-state index in [1.54, 1.807) is 12.2 Å². The number of rotatable bonds is 6. The van der Waals surface area contributed by atoms with E-state index in [0.717, 1.165) is 46.1 Å². The van der Waals surface area contributed by atoms with Gasteiger partial charge in [0, 0.05) is 74.0 Å². The van der Waals surface area contributed by atoms with Crippen molar-refractivity contribution in [2.75, 3.05) is 7.11 Å². The molecule has 6 rings (SSSR count). The van der Waals surface area contributed by atoms with E-state index >= 15 is 0 Å². The SMILES string of the molecule is C=Cc1c2[nH]c(c1C)/C=C1\N/C(=C3\c4[nH]c(c(C)c4C(=O)[C@@H]3C(=O)OC)/C=c3\[nH]/c(c(C=O)c3CC)=C\2)[C@@H](/C=C\C(=O)O)[C@@H]1C. The summed E-state index contributed by atoms with van der Waals surface area (Å²) < 4.78 is 5.11. The minimum absolute atomic E-state index is 0.250. The topological polar surface area (TPSA) is 157 Å². The number of aldehydes is 1. The number of Topliss-reactive ketones (excluding diaryl/α,β-unsaturated/α-hetero) is 1. The maximum absolute atomic E-state index is 14.0. The second-order valence-corrected chi connectivity index (χ2v) is 11.6. The quantitative estimate of drug-likeness (QED) is 0.124. The van der Waals surface area contributed by atoms with Crippen molar-refractivity contribution in [1.29, 1.82) is 0 Å². The van der Waals surface area contributed by atoms with Crippen LogP contribution in [0.15, 0.2) is 30.1 Å². The second-order valence-electron chi connectivity index (χ2n) is 11.6. The number of hydrogen-bond acceptors (Lipinski definition) is 6. The van der Waals surface area contributed by atoms with Crippen molar-refractivity contribution in [2.45, 2.75) is 34.1 Å². The van der Waals surface area contributed by atoms with Gasteiger partial charge in [0.15, 0.2) is 12.1 Å². The molecule has 3 aliphatic rings. The van der Waals surface area contributed by atoms with Crippen molar-refractivity contribution in [3.63, 3.8) is 0 Å². The number of methoxy groups -OCH3 is 1. The van der Waals surface area contributed by atoms with E-state index in [1.165, 1.54) is 7.11 Å². The predicted molar refractivity (Wildman–Crippen MR) is 170 cm³/mol. The summed E-state index contributed by atoms with van der Waals surface area (Å²) in [4.78, 5) is 61.5. The number of carboxylic acid groups (broad SMARTS) is 1. The van der Waals surface area contributed by atoms with E-state index in [2.05, 4.69) is 26.8 Å². The van der Waals surface area contributed by atoms with Gasteiger partial charge >= 0.3 is 11.9 Å². The molecule has 0 saturated carbocycles. The molecule has 0 unspecified atom stereocenters. The van der Waals surface area contributed by atoms with E-state index in [1.807, 2.05) is 45.9 Å². The number of hydrogen-bond donors (Lipinski definition) is 5. The van der Waals surface area contributed by atoms with Crippen LogP contribution < -0.4 is 16.0 Å². The molecule has 230 valence electrons. The fraction of sp³-hybridized carbons (Fsp3) is 0.257. The Kier molecular flexibility index (Phi) is 7.23. The van der Waals surface area contributed by atoms with Crippen LogP contribution in [-0.4, -0.2) is 51.2 Å². The number of aromatic nitrogens is 3. The highest BCUT2D eigenvalue weighted by atomic mass is 16.5. The summed E-state index contributed by atoms with van der Waals surface area (Å²) in [6, 6.07) is 0. The Morgan fingerprint density at radius 2 is 1.73 bits per heavy atom. The van der Waals surface area contributed by atoms with Crippen LogP contribution in [-0.2, 0) is 20.7 Å². The zero-order chi connectivity index (χ0) is 32.3. The van der Waals surface area contributed by atoms with Gasteiger partial charge in [0.25, 0.3) is 0 Å². The van der Waals surface area contributed by atoms with Gasteiger partial charge in [-0.1, -0.05) is 32.6 Å². The van der Waals surface area contributed by atoms with Crippen LogP contribution in [0, 0.1) is 31.6 Å². The van der Waals surface area contributed by atoms with Crippen molar-refractivity contribution in [3.05, 3.63) is 97.0 Å². The number of carboxylic acids is 1. The summed E-state index contributed by atoms with van der Waals surface area (Å²) in [5.41, 5.74) is 8.61. The van der Waals surface area contributed by atoms with Crippen LogP contribution in [0.25, 0.3) is 29.9 Å². The lowest BCUT2D eigenvalue weighted by molar-refractivity contribution is -0.141. The first-order valence-electron chi connectivity index (χ1n) is 14.8. The third-order valence-corrected chi connectivity index (χ3v) is 9.30. The van der Waals surface area contributed by atoms with Gasteiger partial charge in [0.2, 0.25) is 0 Å². The van der Waals surface area contributed by atoms with E-state index < -0.39 is 29.6 Å². The van der Waals surface area contributed by atoms with Gasteiger partial charge in [-0.25, -0.2) is 4.79 Å². The molecule has 0 spiro atoms. The molecule has 45 heavy (non-hydrogen) atoms. The number of aromatic amines is 3. The van der Waals surface area contributed by atoms with E-state index in [4.69, 9.17) is 4.74 Å². The molecule has 0 amide bonds. The lowest BCUT2D eigenvalue weighted by Gasteiger charge is -2.17. The summed E-state index contributed by atoms with van der Waals surface area (Å²) in [5, 5.41) is 14.3. The highest BCUT2D eigenvalue weighted by Gasteiger charge is 2.48. The van der Waals surface area contributed by atoms with Gasteiger partial charge < -0.3 is 30.1 Å². The van der Waals surface area contributed by atoms with Gasteiger partial charge in [-0.05, 0) is 55.2 Å². The molecule has 3 aromatic heterocycles. The minimum atomic E-state index is -1.23. The third-order valence-electron chi connectivity index (χ3n) is 9.30. The monoisotopic (exact) mass is 606 g/mol. The smallest absolute Gasteiger partial charge is 0.327 e. The Morgan fingerprint density at radius 3 is 2.38 bits per heavy atom. The maximum atomic E-state index is 14.0. The fourth-order valence-electron chi connectivity index (χ4n) is 6.95. The molecule has 0 radical (unpaired) electrons. The lowest BCUT2D eigenvalue weighted by atomic mass is 9.87. The summed E-state index contributed by atoms with van der Waals surface area (Å²) in [6.07, 6.45) is 11.6. The molecule has 3 aromatic rings. The Bertz CT molecular complexity index is 2060. The van der Waals surface area contributed by atoms with E-state index in [0.29, 0.717) is 56.5 Å². The number of ketones is 1. The number of esters is 1. The van der Waals surface area contributed by atoms with Crippen molar-refractivity contribution in [1.82, 2.24) is 20.3 Å². The van der Waals surface area contributed by atoms with Crippen LogP contribution in [0.2, 0.25) is 0 Å².